The van der Waals surface area contributed by atoms with Crippen molar-refractivity contribution < 1.29 is 9.47 Å². The number of guanidine groups is 1. The smallest absolute Gasteiger partial charge is 0.191 e. The van der Waals surface area contributed by atoms with Crippen LogP contribution in [0.15, 0.2) is 23.2 Å². The Balaban J connectivity index is 2.57. The molecule has 0 aliphatic heterocycles. The van der Waals surface area contributed by atoms with Crippen molar-refractivity contribution in [3.05, 3.63) is 29.3 Å². The maximum absolute atomic E-state index is 5.86. The molecule has 0 fully saturated rings. The van der Waals surface area contributed by atoms with Gasteiger partial charge in [0.2, 0.25) is 0 Å². The van der Waals surface area contributed by atoms with Crippen LogP contribution >= 0.6 is 0 Å². The molecule has 0 radical (unpaired) electrons. The third kappa shape index (κ3) is 7.88. The van der Waals surface area contributed by atoms with Gasteiger partial charge in [0.25, 0.3) is 0 Å². The molecule has 0 spiro atoms. The van der Waals surface area contributed by atoms with Gasteiger partial charge in [-0.1, -0.05) is 25.5 Å². The van der Waals surface area contributed by atoms with Crippen molar-refractivity contribution in [3.63, 3.8) is 0 Å². The average molecular weight is 321 g/mol. The molecule has 1 rings (SSSR count). The summed E-state index contributed by atoms with van der Waals surface area (Å²) >= 11 is 0. The van der Waals surface area contributed by atoms with Crippen LogP contribution in [0.5, 0.6) is 5.75 Å². The van der Waals surface area contributed by atoms with E-state index in [1.54, 1.807) is 7.05 Å². The second kappa shape index (κ2) is 11.8. The monoisotopic (exact) mass is 321 g/mol. The van der Waals surface area contributed by atoms with Gasteiger partial charge in [-0.25, -0.2) is 0 Å². The standard InChI is InChI=1S/C18H31N3O2/c1-5-7-10-20-18(19-4)21-14-16-9-8-15(3)13-17(16)23-12-11-22-6-2/h8-9,13H,5-7,10-12,14H2,1-4H3,(H2,19,20,21). The van der Waals surface area contributed by atoms with E-state index in [0.29, 0.717) is 26.4 Å². The fraction of sp³-hybridized carbons (Fsp3) is 0.611. The zero-order valence-corrected chi connectivity index (χ0v) is 14.9. The molecule has 0 bridgehead atoms. The lowest BCUT2D eigenvalue weighted by atomic mass is 10.1. The first-order chi connectivity index (χ1) is 11.2. The van der Waals surface area contributed by atoms with Gasteiger partial charge in [0.05, 0.1) is 6.61 Å². The Hall–Kier alpha value is -1.75. The quantitative estimate of drug-likeness (QED) is 0.395. The summed E-state index contributed by atoms with van der Waals surface area (Å²) in [6.07, 6.45) is 2.30. The van der Waals surface area contributed by atoms with Crippen molar-refractivity contribution in [1.82, 2.24) is 10.6 Å². The van der Waals surface area contributed by atoms with Gasteiger partial charge in [-0.15, -0.1) is 0 Å². The fourth-order valence-corrected chi connectivity index (χ4v) is 2.08. The number of benzene rings is 1. The average Bonchev–Trinajstić information content (AvgIpc) is 2.56. The Morgan fingerprint density at radius 3 is 2.70 bits per heavy atom. The lowest BCUT2D eigenvalue weighted by Crippen LogP contribution is -2.37. The zero-order valence-electron chi connectivity index (χ0n) is 14.9. The van der Waals surface area contributed by atoms with Gasteiger partial charge in [-0.2, -0.15) is 0 Å². The number of aryl methyl sites for hydroxylation is 1. The van der Waals surface area contributed by atoms with Crippen molar-refractivity contribution in [3.8, 4) is 5.75 Å². The summed E-state index contributed by atoms with van der Waals surface area (Å²) in [7, 11) is 1.79. The predicted molar refractivity (Wildman–Crippen MR) is 96.3 cm³/mol. The molecule has 1 aromatic carbocycles. The summed E-state index contributed by atoms with van der Waals surface area (Å²) in [5.41, 5.74) is 2.30. The van der Waals surface area contributed by atoms with Crippen molar-refractivity contribution >= 4 is 5.96 Å². The van der Waals surface area contributed by atoms with Gasteiger partial charge in [0.1, 0.15) is 12.4 Å². The van der Waals surface area contributed by atoms with E-state index in [-0.39, 0.29) is 0 Å². The minimum atomic E-state index is 0.563. The molecule has 0 aliphatic rings. The molecular weight excluding hydrogens is 290 g/mol. The van der Waals surface area contributed by atoms with Crippen LogP contribution in [-0.4, -0.2) is 39.4 Å². The number of aliphatic imine (C=N–C) groups is 1. The van der Waals surface area contributed by atoms with E-state index in [9.17, 15) is 0 Å². The predicted octanol–water partition coefficient (Wildman–Crippen LogP) is 2.88. The highest BCUT2D eigenvalue weighted by Crippen LogP contribution is 2.20. The first kappa shape index (κ1) is 19.3. The summed E-state index contributed by atoms with van der Waals surface area (Å²) in [5.74, 6) is 1.72. The van der Waals surface area contributed by atoms with E-state index in [0.717, 1.165) is 30.2 Å². The Morgan fingerprint density at radius 1 is 1.17 bits per heavy atom. The van der Waals surface area contributed by atoms with E-state index in [4.69, 9.17) is 9.47 Å². The minimum Gasteiger partial charge on any atom is -0.491 e. The van der Waals surface area contributed by atoms with Gasteiger partial charge < -0.3 is 20.1 Å². The molecule has 130 valence electrons. The van der Waals surface area contributed by atoms with Crippen molar-refractivity contribution in [2.45, 2.75) is 40.2 Å². The zero-order chi connectivity index (χ0) is 16.9. The molecule has 0 unspecified atom stereocenters. The van der Waals surface area contributed by atoms with E-state index in [1.165, 1.54) is 12.0 Å². The number of nitrogens with one attached hydrogen (secondary N) is 2. The van der Waals surface area contributed by atoms with Crippen molar-refractivity contribution in [2.24, 2.45) is 4.99 Å². The lowest BCUT2D eigenvalue weighted by Gasteiger charge is -2.15. The van der Waals surface area contributed by atoms with E-state index >= 15 is 0 Å². The van der Waals surface area contributed by atoms with Crippen LogP contribution in [0.3, 0.4) is 0 Å². The highest BCUT2D eigenvalue weighted by atomic mass is 16.5. The first-order valence-electron chi connectivity index (χ1n) is 8.45. The third-order valence-electron chi connectivity index (χ3n) is 3.40. The van der Waals surface area contributed by atoms with Crippen LogP contribution in [0.1, 0.15) is 37.8 Å². The van der Waals surface area contributed by atoms with Gasteiger partial charge >= 0.3 is 0 Å². The lowest BCUT2D eigenvalue weighted by molar-refractivity contribution is 0.110. The van der Waals surface area contributed by atoms with Gasteiger partial charge in [-0.05, 0) is 31.9 Å². The van der Waals surface area contributed by atoms with Crippen molar-refractivity contribution in [1.29, 1.82) is 0 Å². The van der Waals surface area contributed by atoms with E-state index < -0.39 is 0 Å². The summed E-state index contributed by atoms with van der Waals surface area (Å²) in [5, 5.41) is 6.64. The normalized spacial score (nSPS) is 11.4. The van der Waals surface area contributed by atoms with Crippen LogP contribution in [0.2, 0.25) is 0 Å². The molecule has 2 N–H and O–H groups in total. The van der Waals surface area contributed by atoms with Crippen molar-refractivity contribution in [2.75, 3.05) is 33.4 Å². The van der Waals surface area contributed by atoms with Gasteiger partial charge in [0, 0.05) is 32.3 Å². The van der Waals surface area contributed by atoms with E-state index in [2.05, 4.69) is 47.7 Å². The molecule has 0 heterocycles. The molecular formula is C18H31N3O2. The number of hydrogen-bond donors (Lipinski definition) is 2. The van der Waals surface area contributed by atoms with Gasteiger partial charge in [-0.3, -0.25) is 4.99 Å². The van der Waals surface area contributed by atoms with E-state index in [1.807, 2.05) is 6.92 Å². The second-order valence-electron chi connectivity index (χ2n) is 5.36. The Kier molecular flexibility index (Phi) is 9.87. The molecule has 0 aliphatic carbocycles. The Labute approximate surface area is 140 Å². The maximum Gasteiger partial charge on any atom is 0.191 e. The van der Waals surface area contributed by atoms with Crippen LogP contribution in [0.25, 0.3) is 0 Å². The summed E-state index contributed by atoms with van der Waals surface area (Å²) in [6.45, 7) is 9.72. The number of nitrogens with zero attached hydrogens (tertiary/aromatic N) is 1. The highest BCUT2D eigenvalue weighted by Gasteiger charge is 2.06. The molecule has 5 heteroatoms. The summed E-state index contributed by atoms with van der Waals surface area (Å²) < 4.78 is 11.2. The summed E-state index contributed by atoms with van der Waals surface area (Å²) in [6, 6.07) is 6.26. The topological polar surface area (TPSA) is 54.9 Å². The molecule has 1 aromatic rings. The fourth-order valence-electron chi connectivity index (χ4n) is 2.08. The van der Waals surface area contributed by atoms with Crippen LogP contribution in [0.4, 0.5) is 0 Å². The molecule has 23 heavy (non-hydrogen) atoms. The number of rotatable bonds is 10. The number of ether oxygens (including phenoxy) is 2. The second-order valence-corrected chi connectivity index (χ2v) is 5.36. The molecule has 0 aromatic heterocycles. The first-order valence-corrected chi connectivity index (χ1v) is 8.45. The minimum absolute atomic E-state index is 0.563. The third-order valence-corrected chi connectivity index (χ3v) is 3.40. The molecule has 0 amide bonds. The molecule has 5 nitrogen and oxygen atoms in total. The molecule has 0 saturated carbocycles. The maximum atomic E-state index is 5.86. The van der Waals surface area contributed by atoms with Crippen LogP contribution in [-0.2, 0) is 11.3 Å². The van der Waals surface area contributed by atoms with Gasteiger partial charge in [0.15, 0.2) is 5.96 Å². The summed E-state index contributed by atoms with van der Waals surface area (Å²) in [4.78, 5) is 4.24. The molecule has 0 atom stereocenters. The molecule has 0 saturated heterocycles. The largest absolute Gasteiger partial charge is 0.491 e. The van der Waals surface area contributed by atoms with Crippen LogP contribution in [0, 0.1) is 6.92 Å². The Bertz CT molecular complexity index is 475. The number of unbranched alkanes of at least 4 members (excludes halogenated alkanes) is 1. The SMILES string of the molecule is CCCCNC(=NC)NCc1ccc(C)cc1OCCOCC. The number of hydrogen-bond acceptors (Lipinski definition) is 3. The highest BCUT2D eigenvalue weighted by molar-refractivity contribution is 5.79. The van der Waals surface area contributed by atoms with Crippen LogP contribution < -0.4 is 15.4 Å². The Morgan fingerprint density at radius 2 is 2.00 bits per heavy atom.